The fraction of sp³-hybridized carbons (Fsp3) is 0.455. The van der Waals surface area contributed by atoms with Gasteiger partial charge < -0.3 is 4.74 Å². The molecular weight excluding hydrogens is 384 g/mol. The van der Waals surface area contributed by atoms with E-state index in [1.165, 1.54) is 22.5 Å². The third-order valence-corrected chi connectivity index (χ3v) is 5.24. The lowest BCUT2D eigenvalue weighted by atomic mass is 10.1. The van der Waals surface area contributed by atoms with Gasteiger partial charge in [-0.1, -0.05) is 62.9 Å². The van der Waals surface area contributed by atoms with E-state index < -0.39 is 17.5 Å². The van der Waals surface area contributed by atoms with E-state index in [9.17, 15) is 14.4 Å². The second-order valence-electron chi connectivity index (χ2n) is 7.45. The van der Waals surface area contributed by atoms with Crippen molar-refractivity contribution in [3.63, 3.8) is 0 Å². The summed E-state index contributed by atoms with van der Waals surface area (Å²) in [6.45, 7) is 2.15. The van der Waals surface area contributed by atoms with Crippen molar-refractivity contribution in [3.05, 3.63) is 63.1 Å². The van der Waals surface area contributed by atoms with E-state index in [0.717, 1.165) is 36.7 Å². The van der Waals surface area contributed by atoms with Crippen LogP contribution in [0.25, 0.3) is 11.2 Å². The predicted molar refractivity (Wildman–Crippen MR) is 114 cm³/mol. The highest BCUT2D eigenvalue weighted by atomic mass is 16.6. The Morgan fingerprint density at radius 2 is 1.73 bits per heavy atom. The Morgan fingerprint density at radius 1 is 1.03 bits per heavy atom. The molecule has 30 heavy (non-hydrogen) atoms. The van der Waals surface area contributed by atoms with Crippen LogP contribution >= 0.6 is 0 Å². The van der Waals surface area contributed by atoms with Gasteiger partial charge in [0.2, 0.25) is 6.23 Å². The molecule has 8 heteroatoms. The molecule has 0 radical (unpaired) electrons. The highest BCUT2D eigenvalue weighted by Crippen LogP contribution is 2.24. The van der Waals surface area contributed by atoms with E-state index in [2.05, 4.69) is 11.9 Å². The van der Waals surface area contributed by atoms with Gasteiger partial charge in [-0.25, -0.2) is 9.78 Å². The summed E-state index contributed by atoms with van der Waals surface area (Å²) in [7, 11) is 2.97. The quantitative estimate of drug-likeness (QED) is 0.398. The van der Waals surface area contributed by atoms with Gasteiger partial charge >= 0.3 is 11.7 Å². The van der Waals surface area contributed by atoms with Crippen molar-refractivity contribution in [2.45, 2.75) is 51.7 Å². The summed E-state index contributed by atoms with van der Waals surface area (Å²) >= 11 is 0. The molecule has 0 saturated heterocycles. The second kappa shape index (κ2) is 9.56. The van der Waals surface area contributed by atoms with Gasteiger partial charge in [-0.3, -0.25) is 23.3 Å². The third kappa shape index (κ3) is 4.37. The second-order valence-corrected chi connectivity index (χ2v) is 7.45. The number of aromatic nitrogens is 4. The van der Waals surface area contributed by atoms with Crippen molar-refractivity contribution in [1.29, 1.82) is 0 Å². The van der Waals surface area contributed by atoms with Crippen LogP contribution in [0.15, 0.2) is 46.2 Å². The zero-order valence-corrected chi connectivity index (χ0v) is 17.7. The molecule has 1 atom stereocenters. The van der Waals surface area contributed by atoms with E-state index >= 15 is 0 Å². The van der Waals surface area contributed by atoms with Crippen molar-refractivity contribution in [2.24, 2.45) is 14.1 Å². The number of nitrogens with zero attached hydrogens (tertiary/aromatic N) is 4. The number of rotatable bonds is 9. The number of carbonyl (C=O) groups excluding carboxylic acids is 1. The topological polar surface area (TPSA) is 88.1 Å². The minimum Gasteiger partial charge on any atom is -0.437 e. The minimum atomic E-state index is -0.843. The fourth-order valence-electron chi connectivity index (χ4n) is 3.50. The summed E-state index contributed by atoms with van der Waals surface area (Å²) in [6, 6.07) is 9.21. The molecule has 0 saturated carbocycles. The van der Waals surface area contributed by atoms with Crippen LogP contribution in [-0.4, -0.2) is 24.7 Å². The van der Waals surface area contributed by atoms with Crippen LogP contribution in [0, 0.1) is 0 Å². The fourth-order valence-corrected chi connectivity index (χ4v) is 3.50. The summed E-state index contributed by atoms with van der Waals surface area (Å²) in [4.78, 5) is 41.9. The lowest BCUT2D eigenvalue weighted by Gasteiger charge is -2.20. The average Bonchev–Trinajstić information content (AvgIpc) is 3.20. The van der Waals surface area contributed by atoms with Gasteiger partial charge in [0.05, 0.1) is 0 Å². The number of fused-ring (bicyclic) bond motifs is 1. The van der Waals surface area contributed by atoms with Gasteiger partial charge in [0.1, 0.15) is 6.33 Å². The van der Waals surface area contributed by atoms with Gasteiger partial charge in [-0.15, -0.1) is 0 Å². The zero-order chi connectivity index (χ0) is 21.7. The smallest absolute Gasteiger partial charge is 0.332 e. The molecule has 0 amide bonds. The average molecular weight is 412 g/mol. The molecule has 160 valence electrons. The number of ether oxygens (including phenoxy) is 1. The molecule has 1 aromatic carbocycles. The predicted octanol–water partition coefficient (Wildman–Crippen LogP) is 2.88. The SMILES string of the molecule is CCCCCCCC(=O)OC(c1ccccc1)n1cnc2c1c(=O)n(C)c(=O)n2C. The van der Waals surface area contributed by atoms with Crippen LogP contribution in [0.1, 0.15) is 57.2 Å². The maximum atomic E-state index is 12.8. The summed E-state index contributed by atoms with van der Waals surface area (Å²) in [5.74, 6) is -0.330. The Hall–Kier alpha value is -3.16. The van der Waals surface area contributed by atoms with E-state index in [-0.39, 0.29) is 17.1 Å². The summed E-state index contributed by atoms with van der Waals surface area (Å²) in [5, 5.41) is 0. The van der Waals surface area contributed by atoms with Gasteiger partial charge in [0, 0.05) is 26.1 Å². The molecule has 3 rings (SSSR count). The molecule has 8 nitrogen and oxygen atoms in total. The Labute approximate surface area is 174 Å². The number of esters is 1. The standard InChI is InChI=1S/C22H28N4O4/c1-4-5-6-7-11-14-17(27)30-21(16-12-9-8-10-13-16)26-15-23-19-18(26)20(28)25(3)22(29)24(19)2/h8-10,12-13,15,21H,4-7,11,14H2,1-3H3. The van der Waals surface area contributed by atoms with Crippen LogP contribution < -0.4 is 11.2 Å². The maximum absolute atomic E-state index is 12.8. The van der Waals surface area contributed by atoms with Crippen LogP contribution in [0.2, 0.25) is 0 Å². The first-order chi connectivity index (χ1) is 14.5. The van der Waals surface area contributed by atoms with E-state index in [4.69, 9.17) is 4.74 Å². The van der Waals surface area contributed by atoms with Gasteiger partial charge in [-0.05, 0) is 6.42 Å². The van der Waals surface area contributed by atoms with Crippen molar-refractivity contribution >= 4 is 17.1 Å². The van der Waals surface area contributed by atoms with Crippen molar-refractivity contribution in [3.8, 4) is 0 Å². The molecule has 0 aliphatic rings. The van der Waals surface area contributed by atoms with Crippen molar-refractivity contribution < 1.29 is 9.53 Å². The van der Waals surface area contributed by atoms with Gasteiger partial charge in [-0.2, -0.15) is 0 Å². The molecule has 3 aromatic rings. The summed E-state index contributed by atoms with van der Waals surface area (Å²) < 4.78 is 9.67. The maximum Gasteiger partial charge on any atom is 0.332 e. The van der Waals surface area contributed by atoms with Gasteiger partial charge in [0.25, 0.3) is 5.56 Å². The number of imidazole rings is 1. The summed E-state index contributed by atoms with van der Waals surface area (Å²) in [6.07, 6.45) is 6.06. The highest BCUT2D eigenvalue weighted by Gasteiger charge is 2.24. The lowest BCUT2D eigenvalue weighted by Crippen LogP contribution is -2.38. The first kappa shape index (κ1) is 21.5. The molecule has 0 spiro atoms. The van der Waals surface area contributed by atoms with Crippen LogP contribution in [-0.2, 0) is 23.6 Å². The molecule has 0 aliphatic heterocycles. The number of carbonyl (C=O) groups is 1. The number of unbranched alkanes of at least 4 members (excludes halogenated alkanes) is 4. The third-order valence-electron chi connectivity index (χ3n) is 5.24. The van der Waals surface area contributed by atoms with Crippen molar-refractivity contribution in [1.82, 2.24) is 18.7 Å². The molecule has 2 aromatic heterocycles. The Kier molecular flexibility index (Phi) is 6.87. The molecule has 0 fully saturated rings. The molecule has 2 heterocycles. The largest absolute Gasteiger partial charge is 0.437 e. The van der Waals surface area contributed by atoms with E-state index in [1.807, 2.05) is 30.3 Å². The van der Waals surface area contributed by atoms with Crippen molar-refractivity contribution in [2.75, 3.05) is 0 Å². The van der Waals surface area contributed by atoms with E-state index in [1.54, 1.807) is 7.05 Å². The highest BCUT2D eigenvalue weighted by molar-refractivity contribution is 5.72. The first-order valence-corrected chi connectivity index (χ1v) is 10.3. The molecule has 0 aliphatic carbocycles. The minimum absolute atomic E-state index is 0.212. The molecular formula is C22H28N4O4. The van der Waals surface area contributed by atoms with Gasteiger partial charge in [0.15, 0.2) is 11.2 Å². The van der Waals surface area contributed by atoms with Crippen LogP contribution in [0.4, 0.5) is 0 Å². The Balaban J connectivity index is 1.96. The molecule has 0 bridgehead atoms. The Morgan fingerprint density at radius 3 is 2.43 bits per heavy atom. The van der Waals surface area contributed by atoms with Crippen LogP contribution in [0.3, 0.4) is 0 Å². The number of aryl methyl sites for hydroxylation is 1. The number of benzene rings is 1. The first-order valence-electron chi connectivity index (χ1n) is 10.3. The summed E-state index contributed by atoms with van der Waals surface area (Å²) in [5.41, 5.74) is 0.233. The monoisotopic (exact) mass is 412 g/mol. The Bertz CT molecular complexity index is 1130. The normalized spacial score (nSPS) is 12.2. The zero-order valence-electron chi connectivity index (χ0n) is 17.7. The number of hydrogen-bond donors (Lipinski definition) is 0. The molecule has 1 unspecified atom stereocenters. The molecule has 0 N–H and O–H groups in total. The number of hydrogen-bond acceptors (Lipinski definition) is 5. The lowest BCUT2D eigenvalue weighted by molar-refractivity contribution is -0.151. The van der Waals surface area contributed by atoms with E-state index in [0.29, 0.717) is 12.0 Å². The van der Waals surface area contributed by atoms with Crippen LogP contribution in [0.5, 0.6) is 0 Å².